The van der Waals surface area contributed by atoms with Crippen molar-refractivity contribution in [2.45, 2.75) is 13.0 Å². The molecule has 0 saturated heterocycles. The van der Waals surface area contributed by atoms with Crippen molar-refractivity contribution in [3.63, 3.8) is 0 Å². The van der Waals surface area contributed by atoms with Crippen LogP contribution in [-0.2, 0) is 13.0 Å². The lowest BCUT2D eigenvalue weighted by molar-refractivity contribution is -0.841. The van der Waals surface area contributed by atoms with Crippen LogP contribution in [-0.4, -0.2) is 33.0 Å². The first kappa shape index (κ1) is 15.8. The minimum absolute atomic E-state index is 0.251. The van der Waals surface area contributed by atoms with Crippen molar-refractivity contribution in [1.29, 1.82) is 0 Å². The summed E-state index contributed by atoms with van der Waals surface area (Å²) in [4.78, 5) is 1.34. The van der Waals surface area contributed by atoms with E-state index in [1.807, 2.05) is 12.1 Å². The summed E-state index contributed by atoms with van der Waals surface area (Å²) < 4.78 is 16.2. The third kappa shape index (κ3) is 2.43. The maximum Gasteiger partial charge on any atom is 0.167 e. The molecule has 5 nitrogen and oxygen atoms in total. The van der Waals surface area contributed by atoms with Crippen LogP contribution in [0.2, 0.25) is 0 Å². The molecule has 130 valence electrons. The topological polar surface area (TPSA) is 52.4 Å². The summed E-state index contributed by atoms with van der Waals surface area (Å²) in [5.74, 6) is 2.29. The number of rotatable bonds is 3. The van der Waals surface area contributed by atoms with Crippen LogP contribution >= 0.6 is 0 Å². The molecular formula is C20H22NO4+. The summed E-state index contributed by atoms with van der Waals surface area (Å²) in [6.45, 7) is 1.72. The van der Waals surface area contributed by atoms with Crippen molar-refractivity contribution < 1.29 is 24.2 Å². The summed E-state index contributed by atoms with van der Waals surface area (Å²) in [7, 11) is 4.90. The molecule has 0 amide bonds. The Kier molecular flexibility index (Phi) is 3.81. The molecule has 0 aliphatic carbocycles. The Morgan fingerprint density at radius 1 is 0.960 bits per heavy atom. The number of nitrogens with one attached hydrogen (secondary N) is 1. The van der Waals surface area contributed by atoms with E-state index >= 15 is 0 Å². The highest BCUT2D eigenvalue weighted by Crippen LogP contribution is 2.38. The van der Waals surface area contributed by atoms with Gasteiger partial charge in [-0.25, -0.2) is 0 Å². The molecule has 0 fully saturated rings. The van der Waals surface area contributed by atoms with Crippen molar-refractivity contribution in [1.82, 2.24) is 0 Å². The molecule has 1 unspecified atom stereocenters. The summed E-state index contributed by atoms with van der Waals surface area (Å²) >= 11 is 0. The first-order valence-electron chi connectivity index (χ1n) is 8.37. The van der Waals surface area contributed by atoms with Crippen LogP contribution in [0.1, 0.15) is 22.3 Å². The average molecular weight is 340 g/mol. The maximum atomic E-state index is 10.5. The van der Waals surface area contributed by atoms with E-state index in [4.69, 9.17) is 14.2 Å². The highest BCUT2D eigenvalue weighted by molar-refractivity contribution is 5.82. The Balaban J connectivity index is 1.86. The van der Waals surface area contributed by atoms with E-state index in [1.54, 1.807) is 21.3 Å². The second kappa shape index (κ2) is 6.01. The molecule has 0 aromatic heterocycles. The lowest BCUT2D eigenvalue weighted by Crippen LogP contribution is -3.09. The van der Waals surface area contributed by atoms with Gasteiger partial charge in [-0.1, -0.05) is 6.07 Å². The number of hydrogen-bond acceptors (Lipinski definition) is 4. The fourth-order valence-electron chi connectivity index (χ4n) is 3.84. The molecule has 2 aromatic carbocycles. The van der Waals surface area contributed by atoms with Gasteiger partial charge in [-0.2, -0.15) is 0 Å². The van der Waals surface area contributed by atoms with E-state index in [0.717, 1.165) is 42.1 Å². The molecule has 0 radical (unpaired) electrons. The molecule has 4 rings (SSSR count). The predicted molar refractivity (Wildman–Crippen MR) is 95.3 cm³/mol. The van der Waals surface area contributed by atoms with Crippen LogP contribution in [0.5, 0.6) is 23.0 Å². The number of aromatic hydroxyl groups is 1. The lowest BCUT2D eigenvalue weighted by Gasteiger charge is -2.32. The minimum Gasteiger partial charge on any atom is -0.504 e. The molecule has 2 N–H and O–H groups in total. The lowest BCUT2D eigenvalue weighted by atomic mass is 9.90. The molecule has 0 bridgehead atoms. The summed E-state index contributed by atoms with van der Waals surface area (Å²) in [5, 5.41) is 10.5. The smallest absolute Gasteiger partial charge is 0.167 e. The number of quaternary nitrogens is 1. The molecule has 2 aliphatic heterocycles. The third-order valence-corrected chi connectivity index (χ3v) is 5.17. The predicted octanol–water partition coefficient (Wildman–Crippen LogP) is 1.87. The maximum absolute atomic E-state index is 10.5. The zero-order valence-electron chi connectivity index (χ0n) is 14.7. The van der Waals surface area contributed by atoms with Gasteiger partial charge in [0.25, 0.3) is 0 Å². The number of hydrogen-bond donors (Lipinski definition) is 2. The average Bonchev–Trinajstić information content (AvgIpc) is 2.66. The quantitative estimate of drug-likeness (QED) is 0.896. The monoisotopic (exact) mass is 340 g/mol. The molecule has 0 spiro atoms. The Labute approximate surface area is 147 Å². The highest BCUT2D eigenvalue weighted by Gasteiger charge is 2.33. The van der Waals surface area contributed by atoms with Gasteiger partial charge in [0.05, 0.1) is 33.4 Å². The Hall–Kier alpha value is -2.66. The van der Waals surface area contributed by atoms with Crippen LogP contribution in [0.25, 0.3) is 11.8 Å². The normalized spacial score (nSPS) is 17.7. The Bertz CT molecular complexity index is 872. The van der Waals surface area contributed by atoms with Crippen LogP contribution < -0.4 is 19.1 Å². The van der Waals surface area contributed by atoms with Gasteiger partial charge in [0.1, 0.15) is 12.2 Å². The molecule has 2 aromatic rings. The van der Waals surface area contributed by atoms with Crippen LogP contribution in [0.15, 0.2) is 24.3 Å². The molecule has 5 heteroatoms. The standard InChI is InChI=1S/C20H21NO4/c1-23-17-5-4-12-8-16-14-10-19(25-3)18(24-2)9-13(14)6-7-21(16)11-15(12)20(17)22/h4-5,8-10,22H,6-7,11H2,1-3H3/p+1. The zero-order chi connectivity index (χ0) is 17.6. The highest BCUT2D eigenvalue weighted by atomic mass is 16.5. The fraction of sp³-hybridized carbons (Fsp3) is 0.300. The van der Waals surface area contributed by atoms with Gasteiger partial charge in [0.2, 0.25) is 0 Å². The summed E-state index contributed by atoms with van der Waals surface area (Å²) in [5.41, 5.74) is 5.69. The molecule has 0 saturated carbocycles. The van der Waals surface area contributed by atoms with Crippen molar-refractivity contribution in [3.8, 4) is 23.0 Å². The van der Waals surface area contributed by atoms with E-state index < -0.39 is 0 Å². The van der Waals surface area contributed by atoms with Gasteiger partial charge in [-0.3, -0.25) is 4.90 Å². The van der Waals surface area contributed by atoms with E-state index in [-0.39, 0.29) is 5.75 Å². The molecule has 2 aliphatic rings. The molecular weight excluding hydrogens is 318 g/mol. The van der Waals surface area contributed by atoms with E-state index in [2.05, 4.69) is 18.2 Å². The fourth-order valence-corrected chi connectivity index (χ4v) is 3.84. The number of phenols is 1. The van der Waals surface area contributed by atoms with Crippen molar-refractivity contribution in [3.05, 3.63) is 46.5 Å². The van der Waals surface area contributed by atoms with Gasteiger partial charge < -0.3 is 19.3 Å². The minimum atomic E-state index is 0.251. The van der Waals surface area contributed by atoms with Gasteiger partial charge >= 0.3 is 0 Å². The zero-order valence-corrected chi connectivity index (χ0v) is 14.7. The van der Waals surface area contributed by atoms with E-state index in [1.165, 1.54) is 21.7 Å². The summed E-state index contributed by atoms with van der Waals surface area (Å²) in [6, 6.07) is 7.96. The summed E-state index contributed by atoms with van der Waals surface area (Å²) in [6.07, 6.45) is 3.12. The Morgan fingerprint density at radius 2 is 1.68 bits per heavy atom. The number of methoxy groups -OCH3 is 3. The number of fused-ring (bicyclic) bond motifs is 4. The molecule has 25 heavy (non-hydrogen) atoms. The van der Waals surface area contributed by atoms with E-state index in [0.29, 0.717) is 5.75 Å². The van der Waals surface area contributed by atoms with Crippen LogP contribution in [0, 0.1) is 0 Å². The SMILES string of the molecule is COc1cc2c(cc1OC)C1=Cc3ccc(OC)c(O)c3C[NH+]1CC2. The second-order valence-electron chi connectivity index (χ2n) is 6.39. The number of ether oxygens (including phenoxy) is 3. The third-order valence-electron chi connectivity index (χ3n) is 5.17. The van der Waals surface area contributed by atoms with Gasteiger partial charge in [-0.15, -0.1) is 0 Å². The van der Waals surface area contributed by atoms with Crippen molar-refractivity contribution in [2.75, 3.05) is 27.9 Å². The Morgan fingerprint density at radius 3 is 2.40 bits per heavy atom. The molecule has 2 heterocycles. The second-order valence-corrected chi connectivity index (χ2v) is 6.39. The van der Waals surface area contributed by atoms with Gasteiger partial charge in [-0.05, 0) is 29.3 Å². The number of phenolic OH excluding ortho intramolecular Hbond substituents is 1. The number of benzene rings is 2. The first-order chi connectivity index (χ1) is 12.2. The van der Waals surface area contributed by atoms with Crippen LogP contribution in [0.3, 0.4) is 0 Å². The largest absolute Gasteiger partial charge is 0.504 e. The first-order valence-corrected chi connectivity index (χ1v) is 8.37. The van der Waals surface area contributed by atoms with Crippen molar-refractivity contribution >= 4 is 11.8 Å². The van der Waals surface area contributed by atoms with E-state index in [9.17, 15) is 5.11 Å². The van der Waals surface area contributed by atoms with Gasteiger partial charge in [0, 0.05) is 18.1 Å². The molecule has 1 atom stereocenters. The van der Waals surface area contributed by atoms with Crippen molar-refractivity contribution in [2.24, 2.45) is 0 Å². The van der Waals surface area contributed by atoms with Gasteiger partial charge in [0.15, 0.2) is 23.0 Å². The van der Waals surface area contributed by atoms with Crippen LogP contribution in [0.4, 0.5) is 0 Å².